The molecule has 0 unspecified atom stereocenters. The number of nitrogen functional groups attached to an aromatic ring is 1. The van der Waals surface area contributed by atoms with E-state index in [0.717, 1.165) is 11.9 Å². The smallest absolute Gasteiger partial charge is 0.274 e. The maximum absolute atomic E-state index is 13.8. The van der Waals surface area contributed by atoms with Crippen LogP contribution in [0.2, 0.25) is 0 Å². The summed E-state index contributed by atoms with van der Waals surface area (Å²) >= 11 is 1.17. The van der Waals surface area contributed by atoms with E-state index in [1.165, 1.54) is 23.5 Å². The standard InChI is InChI=1S/C24H21FN6O2S/c25-15-5-3-4-13(8-15)21-20(29-24(26)34-21)23(33)30-12-14-9-16(14)19(30)11-27-22(32)17-10-28-31-7-2-1-6-18(17)31/h1-8,10,14,16,19H,9,11-12H2,(H2,26,29)(H,27,32)/t14-,16-,19+/m0/s1. The van der Waals surface area contributed by atoms with Crippen LogP contribution in [-0.4, -0.2) is 50.4 Å². The first-order valence-corrected chi connectivity index (χ1v) is 11.8. The molecule has 172 valence electrons. The predicted octanol–water partition coefficient (Wildman–Crippen LogP) is 3.07. The number of hydrogen-bond donors (Lipinski definition) is 2. The van der Waals surface area contributed by atoms with E-state index in [4.69, 9.17) is 5.73 Å². The number of carbonyl (C=O) groups is 2. The Hall–Kier alpha value is -3.79. The van der Waals surface area contributed by atoms with Gasteiger partial charge in [0.05, 0.1) is 28.2 Å². The van der Waals surface area contributed by atoms with Crippen LogP contribution in [0.3, 0.4) is 0 Å². The third-order valence-electron chi connectivity index (χ3n) is 6.64. The Kier molecular flexibility index (Phi) is 4.84. The Morgan fingerprint density at radius 3 is 2.97 bits per heavy atom. The lowest BCUT2D eigenvalue weighted by Crippen LogP contribution is -2.45. The van der Waals surface area contributed by atoms with Crippen molar-refractivity contribution >= 4 is 33.8 Å². The summed E-state index contributed by atoms with van der Waals surface area (Å²) in [6.07, 6.45) is 4.37. The Balaban J connectivity index is 1.23. The van der Waals surface area contributed by atoms with Crippen LogP contribution in [0.5, 0.6) is 0 Å². The van der Waals surface area contributed by atoms with E-state index < -0.39 is 5.82 Å². The number of fused-ring (bicyclic) bond motifs is 2. The quantitative estimate of drug-likeness (QED) is 0.461. The molecule has 34 heavy (non-hydrogen) atoms. The molecule has 3 aromatic heterocycles. The molecule has 0 spiro atoms. The number of nitrogens with one attached hydrogen (secondary N) is 1. The summed E-state index contributed by atoms with van der Waals surface area (Å²) in [6, 6.07) is 11.5. The highest BCUT2D eigenvalue weighted by Gasteiger charge is 2.54. The fraction of sp³-hybridized carbons (Fsp3) is 0.250. The lowest BCUT2D eigenvalue weighted by Gasteiger charge is -2.27. The van der Waals surface area contributed by atoms with Gasteiger partial charge in [0.2, 0.25) is 0 Å². The lowest BCUT2D eigenvalue weighted by molar-refractivity contribution is 0.0691. The van der Waals surface area contributed by atoms with Gasteiger partial charge in [-0.1, -0.05) is 29.5 Å². The zero-order valence-corrected chi connectivity index (χ0v) is 18.8. The molecule has 1 aliphatic heterocycles. The summed E-state index contributed by atoms with van der Waals surface area (Å²) in [7, 11) is 0. The van der Waals surface area contributed by atoms with E-state index in [9.17, 15) is 14.0 Å². The molecule has 2 aliphatic rings. The van der Waals surface area contributed by atoms with Crippen molar-refractivity contribution < 1.29 is 14.0 Å². The number of anilines is 1. The van der Waals surface area contributed by atoms with Gasteiger partial charge in [-0.05, 0) is 48.1 Å². The number of hydrogen-bond acceptors (Lipinski definition) is 6. The molecule has 0 bridgehead atoms. The Morgan fingerprint density at radius 1 is 1.24 bits per heavy atom. The first-order chi connectivity index (χ1) is 16.5. The van der Waals surface area contributed by atoms with Gasteiger partial charge in [-0.25, -0.2) is 13.9 Å². The minimum absolute atomic E-state index is 0.133. The number of halogens is 1. The number of carbonyl (C=O) groups excluding carboxylic acids is 2. The van der Waals surface area contributed by atoms with Gasteiger partial charge in [0.1, 0.15) is 11.5 Å². The first kappa shape index (κ1) is 20.8. The lowest BCUT2D eigenvalue weighted by atomic mass is 10.1. The zero-order valence-electron chi connectivity index (χ0n) is 18.0. The van der Waals surface area contributed by atoms with Crippen molar-refractivity contribution in [1.29, 1.82) is 0 Å². The topological polar surface area (TPSA) is 106 Å². The van der Waals surface area contributed by atoms with Crippen molar-refractivity contribution in [2.24, 2.45) is 11.8 Å². The van der Waals surface area contributed by atoms with Crippen LogP contribution >= 0.6 is 11.3 Å². The molecule has 2 fully saturated rings. The van der Waals surface area contributed by atoms with Crippen LogP contribution in [-0.2, 0) is 0 Å². The highest BCUT2D eigenvalue weighted by Crippen LogP contribution is 2.50. The van der Waals surface area contributed by atoms with Crippen LogP contribution in [0, 0.1) is 17.7 Å². The average Bonchev–Trinajstić information content (AvgIpc) is 3.17. The van der Waals surface area contributed by atoms with Crippen LogP contribution in [0.25, 0.3) is 16.0 Å². The minimum Gasteiger partial charge on any atom is -0.375 e. The van der Waals surface area contributed by atoms with Gasteiger partial charge >= 0.3 is 0 Å². The highest BCUT2D eigenvalue weighted by atomic mass is 32.1. The summed E-state index contributed by atoms with van der Waals surface area (Å²) in [5.41, 5.74) is 7.95. The molecule has 1 saturated carbocycles. The van der Waals surface area contributed by atoms with Crippen LogP contribution in [0.1, 0.15) is 27.3 Å². The molecule has 2 amide bonds. The third kappa shape index (κ3) is 3.50. The van der Waals surface area contributed by atoms with Gasteiger partial charge in [0.15, 0.2) is 5.13 Å². The number of likely N-dealkylation sites (tertiary alicyclic amines) is 1. The maximum atomic E-state index is 13.8. The van der Waals surface area contributed by atoms with Crippen molar-refractivity contribution in [3.63, 3.8) is 0 Å². The van der Waals surface area contributed by atoms with Crippen molar-refractivity contribution in [2.45, 2.75) is 12.5 Å². The monoisotopic (exact) mass is 476 g/mol. The van der Waals surface area contributed by atoms with E-state index in [2.05, 4.69) is 15.4 Å². The number of benzene rings is 1. The molecule has 1 aliphatic carbocycles. The van der Waals surface area contributed by atoms with Gasteiger partial charge in [-0.3, -0.25) is 9.59 Å². The van der Waals surface area contributed by atoms with Gasteiger partial charge < -0.3 is 16.0 Å². The molecule has 4 heterocycles. The number of rotatable bonds is 5. The van der Waals surface area contributed by atoms with Gasteiger partial charge in [-0.2, -0.15) is 5.10 Å². The summed E-state index contributed by atoms with van der Waals surface area (Å²) in [5.74, 6) is -0.0811. The SMILES string of the molecule is Nc1nc(C(=O)N2C[C@@H]3C[C@@H]3[C@H]2CNC(=O)c2cnn3ccccc23)c(-c2cccc(F)c2)s1. The molecule has 1 aromatic carbocycles. The summed E-state index contributed by atoms with van der Waals surface area (Å²) < 4.78 is 15.5. The number of nitrogens with two attached hydrogens (primary N) is 1. The molecule has 6 rings (SSSR count). The van der Waals surface area contributed by atoms with Crippen molar-refractivity contribution in [3.05, 3.63) is 71.9 Å². The van der Waals surface area contributed by atoms with Crippen molar-refractivity contribution in [1.82, 2.24) is 24.8 Å². The summed E-state index contributed by atoms with van der Waals surface area (Å²) in [5, 5.41) is 7.47. The number of nitrogens with zero attached hydrogens (tertiary/aromatic N) is 4. The second kappa shape index (κ2) is 7.91. The average molecular weight is 477 g/mol. The third-order valence-corrected chi connectivity index (χ3v) is 7.57. The second-order valence-electron chi connectivity index (χ2n) is 8.72. The highest BCUT2D eigenvalue weighted by molar-refractivity contribution is 7.19. The Morgan fingerprint density at radius 2 is 2.12 bits per heavy atom. The van der Waals surface area contributed by atoms with E-state index in [-0.39, 0.29) is 28.7 Å². The fourth-order valence-corrected chi connectivity index (χ4v) is 5.73. The van der Waals surface area contributed by atoms with Crippen LogP contribution in [0.15, 0.2) is 54.9 Å². The largest absolute Gasteiger partial charge is 0.375 e. The molecular weight excluding hydrogens is 455 g/mol. The van der Waals surface area contributed by atoms with E-state index in [1.807, 2.05) is 18.2 Å². The summed E-state index contributed by atoms with van der Waals surface area (Å²) in [4.78, 5) is 33.1. The molecule has 0 radical (unpaired) electrons. The first-order valence-electron chi connectivity index (χ1n) is 11.0. The molecule has 10 heteroatoms. The van der Waals surface area contributed by atoms with Gasteiger partial charge in [0, 0.05) is 19.3 Å². The van der Waals surface area contributed by atoms with Crippen LogP contribution < -0.4 is 11.1 Å². The Bertz CT molecular complexity index is 1430. The number of thiazole rings is 1. The number of piperidine rings is 1. The Labute approximate surface area is 198 Å². The second-order valence-corrected chi connectivity index (χ2v) is 9.75. The zero-order chi connectivity index (χ0) is 23.4. The van der Waals surface area contributed by atoms with Crippen LogP contribution in [0.4, 0.5) is 9.52 Å². The van der Waals surface area contributed by atoms with Crippen molar-refractivity contribution in [2.75, 3.05) is 18.8 Å². The minimum atomic E-state index is -0.390. The summed E-state index contributed by atoms with van der Waals surface area (Å²) in [6.45, 7) is 0.950. The van der Waals surface area contributed by atoms with Gasteiger partial charge in [-0.15, -0.1) is 0 Å². The molecule has 3 N–H and O–H groups in total. The molecule has 8 nitrogen and oxygen atoms in total. The molecule has 4 aromatic rings. The normalized spacial score (nSPS) is 21.0. The number of aromatic nitrogens is 3. The van der Waals surface area contributed by atoms with E-state index in [0.29, 0.717) is 40.9 Å². The molecule has 3 atom stereocenters. The predicted molar refractivity (Wildman–Crippen MR) is 126 cm³/mol. The van der Waals surface area contributed by atoms with Gasteiger partial charge in [0.25, 0.3) is 11.8 Å². The fourth-order valence-electron chi connectivity index (χ4n) is 4.91. The molecular formula is C24H21FN6O2S. The maximum Gasteiger partial charge on any atom is 0.274 e. The van der Waals surface area contributed by atoms with Crippen molar-refractivity contribution in [3.8, 4) is 10.4 Å². The number of amides is 2. The van der Waals surface area contributed by atoms with E-state index in [1.54, 1.807) is 33.9 Å². The molecule has 1 saturated heterocycles. The van der Waals surface area contributed by atoms with E-state index >= 15 is 0 Å². The number of pyridine rings is 1.